The van der Waals surface area contributed by atoms with Gasteiger partial charge in [-0.2, -0.15) is 0 Å². The molecule has 9 heteroatoms. The summed E-state index contributed by atoms with van der Waals surface area (Å²) in [6.45, 7) is 3.71. The molecule has 228 valence electrons. The largest absolute Gasteiger partial charge is 0.497 e. The van der Waals surface area contributed by atoms with Gasteiger partial charge in [0.05, 0.1) is 33.3 Å². The van der Waals surface area contributed by atoms with Crippen LogP contribution >= 0.6 is 0 Å². The Morgan fingerprint density at radius 3 is 2.60 bits per heavy atom. The van der Waals surface area contributed by atoms with E-state index in [1.807, 2.05) is 37.3 Å². The van der Waals surface area contributed by atoms with Crippen molar-refractivity contribution in [2.45, 2.75) is 44.4 Å². The molecule has 2 fully saturated rings. The zero-order chi connectivity index (χ0) is 30.2. The Morgan fingerprint density at radius 2 is 1.86 bits per heavy atom. The van der Waals surface area contributed by atoms with Gasteiger partial charge in [0.1, 0.15) is 23.7 Å². The number of carbonyl (C=O) groups excluding carboxylic acids is 2. The van der Waals surface area contributed by atoms with Gasteiger partial charge in [0.25, 0.3) is 0 Å². The summed E-state index contributed by atoms with van der Waals surface area (Å²) in [5.74, 6) is 0.406. The Kier molecular flexibility index (Phi) is 8.20. The van der Waals surface area contributed by atoms with E-state index in [4.69, 9.17) is 23.7 Å². The summed E-state index contributed by atoms with van der Waals surface area (Å²) in [6.07, 6.45) is 4.31. The zero-order valence-corrected chi connectivity index (χ0v) is 25.4. The first kappa shape index (κ1) is 29.3. The minimum Gasteiger partial charge on any atom is -0.497 e. The van der Waals surface area contributed by atoms with Gasteiger partial charge in [-0.1, -0.05) is 12.1 Å². The number of ether oxygens (including phenoxy) is 5. The van der Waals surface area contributed by atoms with Crippen LogP contribution in [0.3, 0.4) is 0 Å². The summed E-state index contributed by atoms with van der Waals surface area (Å²) in [5.41, 5.74) is 5.48. The van der Waals surface area contributed by atoms with Gasteiger partial charge in [-0.25, -0.2) is 4.79 Å². The molecule has 0 amide bonds. The van der Waals surface area contributed by atoms with E-state index in [0.717, 1.165) is 54.1 Å². The fourth-order valence-corrected chi connectivity index (χ4v) is 7.65. The first-order chi connectivity index (χ1) is 20.8. The van der Waals surface area contributed by atoms with Crippen LogP contribution < -0.4 is 9.47 Å². The maximum atomic E-state index is 13.3. The smallest absolute Gasteiger partial charge is 0.331 e. The van der Waals surface area contributed by atoms with Crippen molar-refractivity contribution in [1.29, 1.82) is 0 Å². The minimum atomic E-state index is -0.605. The van der Waals surface area contributed by atoms with Crippen LogP contribution in [-0.2, 0) is 30.2 Å². The van der Waals surface area contributed by atoms with E-state index in [1.54, 1.807) is 27.4 Å². The summed E-state index contributed by atoms with van der Waals surface area (Å²) in [4.78, 5) is 32.6. The van der Waals surface area contributed by atoms with Crippen LogP contribution in [0, 0.1) is 24.7 Å². The van der Waals surface area contributed by atoms with Crippen LogP contribution in [0.1, 0.15) is 41.3 Å². The Balaban J connectivity index is 1.24. The monoisotopic (exact) mass is 588 g/mol. The predicted molar refractivity (Wildman–Crippen MR) is 162 cm³/mol. The second kappa shape index (κ2) is 12.1. The normalized spacial score (nSPS) is 26.8. The van der Waals surface area contributed by atoms with Gasteiger partial charge in [0.15, 0.2) is 0 Å². The van der Waals surface area contributed by atoms with Gasteiger partial charge < -0.3 is 28.7 Å². The third-order valence-electron chi connectivity index (χ3n) is 9.71. The van der Waals surface area contributed by atoms with E-state index >= 15 is 0 Å². The molecule has 0 unspecified atom stereocenters. The number of piperidine rings is 1. The van der Waals surface area contributed by atoms with E-state index in [2.05, 4.69) is 16.0 Å². The van der Waals surface area contributed by atoms with Crippen molar-refractivity contribution in [3.63, 3.8) is 0 Å². The molecule has 9 nitrogen and oxygen atoms in total. The highest BCUT2D eigenvalue weighted by Crippen LogP contribution is 2.50. The fraction of sp³-hybridized carbons (Fsp3) is 0.471. The Bertz CT molecular complexity index is 1540. The van der Waals surface area contributed by atoms with Crippen molar-refractivity contribution in [3.8, 4) is 11.5 Å². The second-order valence-electron chi connectivity index (χ2n) is 11.9. The lowest BCUT2D eigenvalue weighted by molar-refractivity contribution is -0.187. The van der Waals surface area contributed by atoms with Gasteiger partial charge in [-0.15, -0.1) is 0 Å². The fourth-order valence-electron chi connectivity index (χ4n) is 7.65. The molecule has 1 aliphatic carbocycles. The average molecular weight is 589 g/mol. The molecule has 2 aromatic carbocycles. The number of H-pyrrole nitrogens is 1. The van der Waals surface area contributed by atoms with Crippen molar-refractivity contribution in [1.82, 2.24) is 9.88 Å². The number of methoxy groups -OCH3 is 4. The van der Waals surface area contributed by atoms with E-state index in [9.17, 15) is 9.59 Å². The first-order valence-corrected chi connectivity index (χ1v) is 14.9. The average Bonchev–Trinajstić information content (AvgIpc) is 3.40. The van der Waals surface area contributed by atoms with Crippen LogP contribution in [0.2, 0.25) is 0 Å². The van der Waals surface area contributed by atoms with Gasteiger partial charge in [-0.3, -0.25) is 9.69 Å². The van der Waals surface area contributed by atoms with Crippen molar-refractivity contribution < 1.29 is 33.3 Å². The molecule has 1 saturated heterocycles. The SMILES string of the molecule is COC(=O)[C@H]1[C@H]2C[C@@H]3c4[nH]c5cc(OC)ccc5c4CCN3C[C@H]2C[C@@H](OC(=O)/C=C/c2ccc(C)c(OC)c2)[C@@H]1OC. The van der Waals surface area contributed by atoms with Gasteiger partial charge in [0.2, 0.25) is 0 Å². The van der Waals surface area contributed by atoms with Gasteiger partial charge >= 0.3 is 11.9 Å². The molecule has 0 spiro atoms. The number of benzene rings is 2. The topological polar surface area (TPSA) is 99.3 Å². The summed E-state index contributed by atoms with van der Waals surface area (Å²) in [5, 5.41) is 1.23. The molecule has 3 heterocycles. The molecular weight excluding hydrogens is 548 g/mol. The number of hydrogen-bond acceptors (Lipinski definition) is 8. The van der Waals surface area contributed by atoms with E-state index in [-0.39, 0.29) is 23.8 Å². The molecule has 2 aliphatic heterocycles. The summed E-state index contributed by atoms with van der Waals surface area (Å²) < 4.78 is 28.1. The molecule has 0 radical (unpaired) electrons. The quantitative estimate of drug-likeness (QED) is 0.309. The van der Waals surface area contributed by atoms with Crippen LogP contribution in [-0.4, -0.2) is 75.6 Å². The third-order valence-corrected chi connectivity index (χ3v) is 9.71. The molecule has 6 atom stereocenters. The van der Waals surface area contributed by atoms with Gasteiger partial charge in [0, 0.05) is 48.9 Å². The van der Waals surface area contributed by atoms with Crippen molar-refractivity contribution in [2.24, 2.45) is 17.8 Å². The maximum absolute atomic E-state index is 13.3. The number of aromatic nitrogens is 1. The minimum absolute atomic E-state index is 0.0241. The number of rotatable bonds is 7. The van der Waals surface area contributed by atoms with Crippen LogP contribution in [0.4, 0.5) is 0 Å². The van der Waals surface area contributed by atoms with Crippen LogP contribution in [0.5, 0.6) is 11.5 Å². The number of carbonyl (C=O) groups is 2. The highest BCUT2D eigenvalue weighted by Gasteiger charge is 2.54. The summed E-state index contributed by atoms with van der Waals surface area (Å²) in [7, 11) is 6.29. The number of esters is 2. The Hall–Kier alpha value is -3.82. The zero-order valence-electron chi connectivity index (χ0n) is 25.4. The second-order valence-corrected chi connectivity index (χ2v) is 11.9. The van der Waals surface area contributed by atoms with Crippen molar-refractivity contribution in [3.05, 3.63) is 64.9 Å². The van der Waals surface area contributed by atoms with E-state index in [0.29, 0.717) is 6.42 Å². The first-order valence-electron chi connectivity index (χ1n) is 14.9. The number of hydrogen-bond donors (Lipinski definition) is 1. The lowest BCUT2D eigenvalue weighted by Crippen LogP contribution is -2.58. The Morgan fingerprint density at radius 1 is 1.02 bits per heavy atom. The number of nitrogens with one attached hydrogen (secondary N) is 1. The van der Waals surface area contributed by atoms with E-state index < -0.39 is 24.1 Å². The lowest BCUT2D eigenvalue weighted by Gasteiger charge is -2.52. The molecule has 1 aromatic heterocycles. The molecule has 0 bridgehead atoms. The predicted octanol–water partition coefficient (Wildman–Crippen LogP) is 4.86. The maximum Gasteiger partial charge on any atom is 0.331 e. The molecule has 1 saturated carbocycles. The summed E-state index contributed by atoms with van der Waals surface area (Å²) in [6, 6.07) is 12.1. The third kappa shape index (κ3) is 5.40. The molecule has 43 heavy (non-hydrogen) atoms. The van der Waals surface area contributed by atoms with E-state index in [1.165, 1.54) is 29.8 Å². The highest BCUT2D eigenvalue weighted by atomic mass is 16.6. The Labute approximate surface area is 252 Å². The van der Waals surface area contributed by atoms with Crippen LogP contribution in [0.15, 0.2) is 42.5 Å². The molecule has 3 aromatic rings. The van der Waals surface area contributed by atoms with Crippen molar-refractivity contribution in [2.75, 3.05) is 41.5 Å². The molecule has 3 aliphatic rings. The standard InChI is InChI=1S/C34H40N2O7/c1-19-6-7-20(14-28(19)40-3)8-11-30(37)43-29-15-21-18-36-13-12-24-23-10-9-22(39-2)16-26(23)35-32(24)27(36)17-25(21)31(33(29)41-4)34(38)42-5/h6-11,14,16,21,25,27,29,31,33,35H,12-13,15,17-18H2,1-5H3/b11-8+/t21-,25+,27-,29-,31+,33+/m1/s1. The number of nitrogens with zero attached hydrogens (tertiary/aromatic N) is 1. The highest BCUT2D eigenvalue weighted by molar-refractivity contribution is 5.88. The molecule has 1 N–H and O–H groups in total. The molecule has 6 rings (SSSR count). The number of aromatic amines is 1. The summed E-state index contributed by atoms with van der Waals surface area (Å²) >= 11 is 0. The number of fused-ring (bicyclic) bond motifs is 6. The van der Waals surface area contributed by atoms with Crippen LogP contribution in [0.25, 0.3) is 17.0 Å². The molecular formula is C34H40N2O7. The van der Waals surface area contributed by atoms with Crippen molar-refractivity contribution >= 4 is 28.9 Å². The van der Waals surface area contributed by atoms with Gasteiger partial charge in [-0.05, 0) is 79.0 Å². The number of aryl methyl sites for hydroxylation is 1. The lowest BCUT2D eigenvalue weighted by atomic mass is 9.63.